The molecule has 2 aliphatic heterocycles. The van der Waals surface area contributed by atoms with Gasteiger partial charge < -0.3 is 18.9 Å². The lowest BCUT2D eigenvalue weighted by Crippen LogP contribution is -3.10. The van der Waals surface area contributed by atoms with E-state index in [2.05, 4.69) is 27.7 Å². The summed E-state index contributed by atoms with van der Waals surface area (Å²) in [6, 6.07) is 0. The van der Waals surface area contributed by atoms with E-state index in [9.17, 15) is 26.3 Å². The first kappa shape index (κ1) is 37.5. The van der Waals surface area contributed by atoms with E-state index in [4.69, 9.17) is 25.9 Å². The van der Waals surface area contributed by atoms with E-state index >= 15 is 0 Å². The van der Waals surface area contributed by atoms with E-state index in [1.165, 1.54) is 77.8 Å². The van der Waals surface area contributed by atoms with Crippen LogP contribution in [0.4, 0.5) is 26.3 Å². The summed E-state index contributed by atoms with van der Waals surface area (Å²) in [5.74, 6) is 1.98. The SMILES string of the molecule is CCCC[NH+]1CCC(C)C1.CCCC[NH+]1CCC(C)C1.O=S(=O)([O-])C(F)(F)F.O=S(=O)([O-])C(F)(F)F. The summed E-state index contributed by atoms with van der Waals surface area (Å²) >= 11 is 0. The fourth-order valence-corrected chi connectivity index (χ4v) is 3.60. The normalized spacial score (nSPS) is 24.6. The summed E-state index contributed by atoms with van der Waals surface area (Å²) in [5, 5.41) is 0. The summed E-state index contributed by atoms with van der Waals surface area (Å²) < 4.78 is 118. The number of hydrogen-bond acceptors (Lipinski definition) is 6. The average molecular weight is 583 g/mol. The van der Waals surface area contributed by atoms with Crippen molar-refractivity contribution >= 4 is 20.2 Å². The van der Waals surface area contributed by atoms with E-state index in [0.717, 1.165) is 11.8 Å². The predicted octanol–water partition coefficient (Wildman–Crippen LogP) is 1.53. The molecule has 2 aliphatic rings. The Morgan fingerprint density at radius 1 is 0.694 bits per heavy atom. The number of nitrogens with one attached hydrogen (secondary N) is 2. The Morgan fingerprint density at radius 3 is 1.08 bits per heavy atom. The molecule has 16 heteroatoms. The fourth-order valence-electron chi connectivity index (χ4n) is 3.60. The maximum absolute atomic E-state index is 10.7. The summed E-state index contributed by atoms with van der Waals surface area (Å²) in [6.07, 6.45) is 8.47. The van der Waals surface area contributed by atoms with E-state index < -0.39 is 31.3 Å². The second kappa shape index (κ2) is 17.0. The van der Waals surface area contributed by atoms with Gasteiger partial charge in [-0.05, 0) is 12.8 Å². The minimum absolute atomic E-state index is 0.992. The number of unbranched alkanes of at least 4 members (excludes halogenated alkanes) is 2. The summed E-state index contributed by atoms with van der Waals surface area (Å²) in [5.41, 5.74) is -11.3. The van der Waals surface area contributed by atoms with Crippen LogP contribution in [0.5, 0.6) is 0 Å². The van der Waals surface area contributed by atoms with Gasteiger partial charge in [-0.1, -0.05) is 40.5 Å². The third-order valence-corrected chi connectivity index (χ3v) is 6.72. The molecule has 220 valence electrons. The Balaban J connectivity index is 0. The third-order valence-electron chi connectivity index (χ3n) is 5.59. The number of rotatable bonds is 6. The molecule has 0 spiro atoms. The van der Waals surface area contributed by atoms with Gasteiger partial charge in [0.05, 0.1) is 39.3 Å². The predicted molar refractivity (Wildman–Crippen MR) is 120 cm³/mol. The van der Waals surface area contributed by atoms with E-state index in [1.807, 2.05) is 9.80 Å². The lowest BCUT2D eigenvalue weighted by Gasteiger charge is -2.10. The van der Waals surface area contributed by atoms with Gasteiger partial charge in [-0.25, -0.2) is 16.8 Å². The van der Waals surface area contributed by atoms with Gasteiger partial charge in [0.15, 0.2) is 20.2 Å². The van der Waals surface area contributed by atoms with Crippen LogP contribution in [0, 0.1) is 11.8 Å². The molecular weight excluding hydrogens is 542 g/mol. The highest BCUT2D eigenvalue weighted by Crippen LogP contribution is 2.21. The average Bonchev–Trinajstić information content (AvgIpc) is 3.31. The number of hydrogen-bond donors (Lipinski definition) is 2. The first-order valence-electron chi connectivity index (χ1n) is 11.9. The highest BCUT2D eigenvalue weighted by molar-refractivity contribution is 7.86. The fraction of sp³-hybridized carbons (Fsp3) is 1.00. The smallest absolute Gasteiger partial charge is 0.485 e. The standard InChI is InChI=1S/2C9H19N.2CHF3O3S/c2*1-3-4-6-10-7-5-9(2)8-10;2*2-1(3,4)8(5,6)7/h2*9H,3-8H2,1-2H3;2*(H,5,6,7). The molecule has 2 heterocycles. The molecule has 2 saturated heterocycles. The van der Waals surface area contributed by atoms with Gasteiger partial charge in [0.25, 0.3) is 0 Å². The second-order valence-electron chi connectivity index (χ2n) is 9.20. The van der Waals surface area contributed by atoms with Crippen molar-refractivity contribution in [1.29, 1.82) is 0 Å². The zero-order valence-electron chi connectivity index (χ0n) is 21.2. The molecular formula is C20H40F6N2O6S2. The van der Waals surface area contributed by atoms with Crippen molar-refractivity contribution in [3.8, 4) is 0 Å². The first-order valence-corrected chi connectivity index (χ1v) is 14.7. The Labute approximate surface area is 210 Å². The number of quaternary nitrogens is 2. The molecule has 0 aromatic heterocycles. The zero-order valence-corrected chi connectivity index (χ0v) is 22.8. The zero-order chi connectivity index (χ0) is 28.8. The molecule has 0 aliphatic carbocycles. The van der Waals surface area contributed by atoms with Crippen LogP contribution in [-0.2, 0) is 20.2 Å². The van der Waals surface area contributed by atoms with Crippen molar-refractivity contribution in [3.05, 3.63) is 0 Å². The largest absolute Gasteiger partial charge is 0.741 e. The van der Waals surface area contributed by atoms with Crippen LogP contribution in [0.1, 0.15) is 66.2 Å². The molecule has 4 unspecified atom stereocenters. The molecule has 2 fully saturated rings. The molecule has 0 radical (unpaired) electrons. The topological polar surface area (TPSA) is 123 Å². The lowest BCUT2D eigenvalue weighted by molar-refractivity contribution is -0.889. The Kier molecular flexibility index (Phi) is 17.7. The van der Waals surface area contributed by atoms with Crippen LogP contribution in [0.3, 0.4) is 0 Å². The van der Waals surface area contributed by atoms with Gasteiger partial charge in [0.1, 0.15) is 0 Å². The van der Waals surface area contributed by atoms with Crippen LogP contribution < -0.4 is 9.80 Å². The van der Waals surface area contributed by atoms with Gasteiger partial charge >= 0.3 is 11.0 Å². The maximum atomic E-state index is 10.7. The second-order valence-corrected chi connectivity index (χ2v) is 11.9. The van der Waals surface area contributed by atoms with E-state index in [0.29, 0.717) is 0 Å². The molecule has 2 N–H and O–H groups in total. The number of halogens is 6. The summed E-state index contributed by atoms with van der Waals surface area (Å²) in [6.45, 7) is 17.9. The van der Waals surface area contributed by atoms with Crippen LogP contribution in [0.25, 0.3) is 0 Å². The molecule has 8 nitrogen and oxygen atoms in total. The Hall–Kier alpha value is -0.680. The van der Waals surface area contributed by atoms with Gasteiger partial charge in [0, 0.05) is 24.7 Å². The highest BCUT2D eigenvalue weighted by Gasteiger charge is 2.37. The van der Waals surface area contributed by atoms with Crippen LogP contribution >= 0.6 is 0 Å². The third kappa shape index (κ3) is 18.5. The van der Waals surface area contributed by atoms with Gasteiger partial charge in [-0.2, -0.15) is 26.3 Å². The molecule has 2 rings (SSSR count). The molecule has 0 aromatic carbocycles. The van der Waals surface area contributed by atoms with Crippen molar-refractivity contribution in [2.45, 2.75) is 77.2 Å². The summed E-state index contributed by atoms with van der Waals surface area (Å²) in [7, 11) is -12.2. The summed E-state index contributed by atoms with van der Waals surface area (Å²) in [4.78, 5) is 3.68. The molecule has 4 atom stereocenters. The molecule has 0 saturated carbocycles. The minimum atomic E-state index is -6.09. The van der Waals surface area contributed by atoms with E-state index in [-0.39, 0.29) is 0 Å². The molecule has 0 bridgehead atoms. The van der Waals surface area contributed by atoms with Crippen molar-refractivity contribution in [2.24, 2.45) is 11.8 Å². The van der Waals surface area contributed by atoms with Crippen molar-refractivity contribution in [2.75, 3.05) is 39.3 Å². The maximum Gasteiger partial charge on any atom is 0.485 e. The lowest BCUT2D eigenvalue weighted by atomic mass is 10.2. The van der Waals surface area contributed by atoms with Crippen molar-refractivity contribution < 1.29 is 62.1 Å². The van der Waals surface area contributed by atoms with Crippen LogP contribution in [-0.4, -0.2) is 76.2 Å². The Bertz CT molecular complexity index is 725. The minimum Gasteiger partial charge on any atom is -0.741 e. The van der Waals surface area contributed by atoms with Gasteiger partial charge in [-0.3, -0.25) is 0 Å². The number of alkyl halides is 6. The van der Waals surface area contributed by atoms with Crippen LogP contribution in [0.15, 0.2) is 0 Å². The molecule has 0 amide bonds. The van der Waals surface area contributed by atoms with Gasteiger partial charge in [-0.15, -0.1) is 0 Å². The van der Waals surface area contributed by atoms with Crippen molar-refractivity contribution in [3.63, 3.8) is 0 Å². The number of likely N-dealkylation sites (tertiary alicyclic amines) is 2. The van der Waals surface area contributed by atoms with Crippen LogP contribution in [0.2, 0.25) is 0 Å². The molecule has 0 aromatic rings. The monoisotopic (exact) mass is 582 g/mol. The highest BCUT2D eigenvalue weighted by atomic mass is 32.2. The van der Waals surface area contributed by atoms with E-state index in [1.54, 1.807) is 0 Å². The van der Waals surface area contributed by atoms with Gasteiger partial charge in [0.2, 0.25) is 0 Å². The van der Waals surface area contributed by atoms with Crippen molar-refractivity contribution in [1.82, 2.24) is 0 Å². The quantitative estimate of drug-likeness (QED) is 0.278. The Morgan fingerprint density at radius 2 is 0.944 bits per heavy atom. The first-order chi connectivity index (χ1) is 16.2. The molecule has 36 heavy (non-hydrogen) atoms.